The van der Waals surface area contributed by atoms with E-state index in [1.807, 2.05) is 30.3 Å². The van der Waals surface area contributed by atoms with Gasteiger partial charge in [-0.25, -0.2) is 0 Å². The van der Waals surface area contributed by atoms with Crippen LogP contribution in [0.4, 0.5) is 0 Å². The Balaban J connectivity index is 2.34. The molecule has 0 saturated carbocycles. The number of ether oxygens (including phenoxy) is 3. The highest BCUT2D eigenvalue weighted by Crippen LogP contribution is 2.33. The maximum absolute atomic E-state index is 10.6. The summed E-state index contributed by atoms with van der Waals surface area (Å²) >= 11 is 0. The first-order valence-electron chi connectivity index (χ1n) is 6.67. The van der Waals surface area contributed by atoms with Crippen LogP contribution in [0.2, 0.25) is 0 Å². The van der Waals surface area contributed by atoms with Gasteiger partial charge in [-0.1, -0.05) is 24.3 Å². The fourth-order valence-electron chi connectivity index (χ4n) is 2.24. The van der Waals surface area contributed by atoms with E-state index in [1.165, 1.54) is 0 Å². The molecule has 4 heteroatoms. The van der Waals surface area contributed by atoms with Crippen LogP contribution in [0.25, 0.3) is 0 Å². The van der Waals surface area contributed by atoms with Crippen molar-refractivity contribution in [1.82, 2.24) is 0 Å². The molecule has 112 valence electrons. The maximum Gasteiger partial charge on any atom is 0.128 e. The van der Waals surface area contributed by atoms with Gasteiger partial charge in [0.25, 0.3) is 0 Å². The van der Waals surface area contributed by atoms with Crippen LogP contribution in [-0.2, 0) is 11.3 Å². The second kappa shape index (κ2) is 7.11. The van der Waals surface area contributed by atoms with Gasteiger partial charge in [-0.15, -0.1) is 0 Å². The molecule has 0 aliphatic rings. The molecular weight excluding hydrogens is 268 g/mol. The number of hydrogen-bond donors (Lipinski definition) is 1. The quantitative estimate of drug-likeness (QED) is 0.888. The van der Waals surface area contributed by atoms with Crippen molar-refractivity contribution in [3.8, 4) is 11.5 Å². The van der Waals surface area contributed by atoms with Gasteiger partial charge in [0, 0.05) is 18.7 Å². The first kappa shape index (κ1) is 15.4. The fraction of sp³-hybridized carbons (Fsp3) is 0.294. The Morgan fingerprint density at radius 2 is 1.81 bits per heavy atom. The van der Waals surface area contributed by atoms with E-state index in [4.69, 9.17) is 14.2 Å². The highest BCUT2D eigenvalue weighted by atomic mass is 16.5. The summed E-state index contributed by atoms with van der Waals surface area (Å²) in [5.74, 6) is 1.29. The topological polar surface area (TPSA) is 47.9 Å². The van der Waals surface area contributed by atoms with Crippen molar-refractivity contribution >= 4 is 0 Å². The number of rotatable bonds is 6. The zero-order valence-electron chi connectivity index (χ0n) is 12.5. The Morgan fingerprint density at radius 1 is 1.00 bits per heavy atom. The van der Waals surface area contributed by atoms with Gasteiger partial charge >= 0.3 is 0 Å². The van der Waals surface area contributed by atoms with Crippen molar-refractivity contribution in [2.24, 2.45) is 0 Å². The molecule has 21 heavy (non-hydrogen) atoms. The van der Waals surface area contributed by atoms with E-state index >= 15 is 0 Å². The van der Waals surface area contributed by atoms with Gasteiger partial charge in [0.15, 0.2) is 0 Å². The summed E-state index contributed by atoms with van der Waals surface area (Å²) in [5, 5.41) is 10.6. The predicted octanol–water partition coefficient (Wildman–Crippen LogP) is 2.93. The van der Waals surface area contributed by atoms with Crippen LogP contribution in [0.5, 0.6) is 11.5 Å². The lowest BCUT2D eigenvalue weighted by Crippen LogP contribution is -2.03. The van der Waals surface area contributed by atoms with E-state index in [9.17, 15) is 5.11 Å². The van der Waals surface area contributed by atoms with Crippen LogP contribution in [0.3, 0.4) is 0 Å². The lowest BCUT2D eigenvalue weighted by Gasteiger charge is -2.16. The Labute approximate surface area is 124 Å². The SMILES string of the molecule is COCc1cccc(C(O)c2ccc(OC)cc2OC)c1. The highest BCUT2D eigenvalue weighted by molar-refractivity contribution is 5.45. The third-order valence-corrected chi connectivity index (χ3v) is 3.31. The van der Waals surface area contributed by atoms with E-state index in [0.29, 0.717) is 23.7 Å². The smallest absolute Gasteiger partial charge is 0.128 e. The minimum atomic E-state index is -0.761. The van der Waals surface area contributed by atoms with E-state index in [2.05, 4.69) is 0 Å². The first-order chi connectivity index (χ1) is 10.2. The molecular formula is C17H20O4. The van der Waals surface area contributed by atoms with Crippen molar-refractivity contribution in [3.05, 3.63) is 59.2 Å². The maximum atomic E-state index is 10.6. The van der Waals surface area contributed by atoms with Crippen molar-refractivity contribution in [2.75, 3.05) is 21.3 Å². The fourth-order valence-corrected chi connectivity index (χ4v) is 2.24. The molecule has 0 aliphatic heterocycles. The molecule has 4 nitrogen and oxygen atoms in total. The molecule has 1 unspecified atom stereocenters. The molecule has 0 heterocycles. The van der Waals surface area contributed by atoms with Crippen molar-refractivity contribution in [3.63, 3.8) is 0 Å². The van der Waals surface area contributed by atoms with Gasteiger partial charge in [-0.05, 0) is 23.3 Å². The Morgan fingerprint density at radius 3 is 2.48 bits per heavy atom. The average Bonchev–Trinajstić information content (AvgIpc) is 2.54. The number of methoxy groups -OCH3 is 3. The molecule has 0 bridgehead atoms. The molecule has 0 fully saturated rings. The molecule has 0 aliphatic carbocycles. The van der Waals surface area contributed by atoms with Gasteiger partial charge in [0.05, 0.1) is 20.8 Å². The zero-order valence-corrected chi connectivity index (χ0v) is 12.5. The Kier molecular flexibility index (Phi) is 5.20. The molecule has 0 saturated heterocycles. The summed E-state index contributed by atoms with van der Waals surface area (Å²) in [6.45, 7) is 0.514. The second-order valence-electron chi connectivity index (χ2n) is 4.69. The van der Waals surface area contributed by atoms with Crippen LogP contribution in [0, 0.1) is 0 Å². The third kappa shape index (κ3) is 3.54. The van der Waals surface area contributed by atoms with Crippen LogP contribution in [-0.4, -0.2) is 26.4 Å². The van der Waals surface area contributed by atoms with Crippen molar-refractivity contribution < 1.29 is 19.3 Å². The summed E-state index contributed by atoms with van der Waals surface area (Å²) in [5.41, 5.74) is 2.52. The first-order valence-corrected chi connectivity index (χ1v) is 6.67. The summed E-state index contributed by atoms with van der Waals surface area (Å²) in [6, 6.07) is 13.1. The molecule has 0 radical (unpaired) electrons. The zero-order chi connectivity index (χ0) is 15.2. The summed E-state index contributed by atoms with van der Waals surface area (Å²) in [6.07, 6.45) is -0.761. The summed E-state index contributed by atoms with van der Waals surface area (Å²) < 4.78 is 15.6. The number of aliphatic hydroxyl groups is 1. The molecule has 2 aromatic carbocycles. The largest absolute Gasteiger partial charge is 0.497 e. The van der Waals surface area contributed by atoms with Gasteiger partial charge in [-0.2, -0.15) is 0 Å². The predicted molar refractivity (Wildman–Crippen MR) is 80.8 cm³/mol. The Bertz CT molecular complexity index is 595. The van der Waals surface area contributed by atoms with Gasteiger partial charge < -0.3 is 19.3 Å². The molecule has 1 atom stereocenters. The van der Waals surface area contributed by atoms with Crippen LogP contribution in [0.15, 0.2) is 42.5 Å². The minimum absolute atomic E-state index is 0.514. The monoisotopic (exact) mass is 288 g/mol. The lowest BCUT2D eigenvalue weighted by molar-refractivity contribution is 0.184. The third-order valence-electron chi connectivity index (χ3n) is 3.31. The number of benzene rings is 2. The molecule has 2 aromatic rings. The standard InChI is InChI=1S/C17H20O4/c1-19-11-12-5-4-6-13(9-12)17(18)15-8-7-14(20-2)10-16(15)21-3/h4-10,17-18H,11H2,1-3H3. The molecule has 1 N–H and O–H groups in total. The van der Waals surface area contributed by atoms with Gasteiger partial charge in [-0.3, -0.25) is 0 Å². The minimum Gasteiger partial charge on any atom is -0.497 e. The van der Waals surface area contributed by atoms with Gasteiger partial charge in [0.1, 0.15) is 17.6 Å². The van der Waals surface area contributed by atoms with Crippen LogP contribution in [0.1, 0.15) is 22.8 Å². The average molecular weight is 288 g/mol. The second-order valence-corrected chi connectivity index (χ2v) is 4.69. The van der Waals surface area contributed by atoms with Crippen molar-refractivity contribution in [1.29, 1.82) is 0 Å². The van der Waals surface area contributed by atoms with E-state index < -0.39 is 6.10 Å². The summed E-state index contributed by atoms with van der Waals surface area (Å²) in [7, 11) is 4.82. The molecule has 0 spiro atoms. The number of aliphatic hydroxyl groups excluding tert-OH is 1. The van der Waals surface area contributed by atoms with Crippen LogP contribution >= 0.6 is 0 Å². The van der Waals surface area contributed by atoms with Gasteiger partial charge in [0.2, 0.25) is 0 Å². The van der Waals surface area contributed by atoms with E-state index in [0.717, 1.165) is 11.1 Å². The summed E-state index contributed by atoms with van der Waals surface area (Å²) in [4.78, 5) is 0. The normalized spacial score (nSPS) is 12.0. The molecule has 2 rings (SSSR count). The van der Waals surface area contributed by atoms with Crippen molar-refractivity contribution in [2.45, 2.75) is 12.7 Å². The van der Waals surface area contributed by atoms with Crippen LogP contribution < -0.4 is 9.47 Å². The molecule has 0 aromatic heterocycles. The van der Waals surface area contributed by atoms with E-state index in [1.54, 1.807) is 33.5 Å². The number of hydrogen-bond acceptors (Lipinski definition) is 4. The lowest BCUT2D eigenvalue weighted by atomic mass is 9.99. The van der Waals surface area contributed by atoms with E-state index in [-0.39, 0.29) is 0 Å². The Hall–Kier alpha value is -2.04. The highest BCUT2D eigenvalue weighted by Gasteiger charge is 2.16. The molecule has 0 amide bonds.